The van der Waals surface area contributed by atoms with E-state index < -0.39 is 0 Å². The van der Waals surface area contributed by atoms with Crippen LogP contribution in [0.1, 0.15) is 28.9 Å². The molecule has 1 aromatic heterocycles. The Morgan fingerprint density at radius 2 is 1.84 bits per heavy atom. The number of hydrogen-bond donors (Lipinski definition) is 0. The van der Waals surface area contributed by atoms with Gasteiger partial charge in [-0.05, 0) is 18.9 Å². The average Bonchev–Trinajstić information content (AvgIpc) is 3.36. The fraction of sp³-hybridized carbons (Fsp3) is 0.200. The van der Waals surface area contributed by atoms with Crippen LogP contribution in [0.5, 0.6) is 0 Å². The van der Waals surface area contributed by atoms with Crippen molar-refractivity contribution >= 4 is 17.2 Å². The fourth-order valence-corrected chi connectivity index (χ4v) is 3.60. The molecule has 0 spiro atoms. The van der Waals surface area contributed by atoms with Crippen molar-refractivity contribution in [1.29, 1.82) is 0 Å². The average molecular weight is 352 g/mol. The summed E-state index contributed by atoms with van der Waals surface area (Å²) in [5.74, 6) is -0.395. The second-order valence-corrected chi connectivity index (χ2v) is 7.02. The van der Waals surface area contributed by atoms with Crippen molar-refractivity contribution in [3.8, 4) is 10.6 Å². The SMILES string of the molecule is O=C(c1csc(-c2ccccc2)n1)N(Cc1ccccc1F)C1CC1. The minimum Gasteiger partial charge on any atom is -0.330 e. The van der Waals surface area contributed by atoms with Crippen LogP contribution in [0.25, 0.3) is 10.6 Å². The van der Waals surface area contributed by atoms with Crippen LogP contribution in [0.15, 0.2) is 60.0 Å². The van der Waals surface area contributed by atoms with Gasteiger partial charge in [0, 0.05) is 29.1 Å². The van der Waals surface area contributed by atoms with Gasteiger partial charge in [-0.25, -0.2) is 9.37 Å². The third kappa shape index (κ3) is 3.46. The molecule has 1 amide bonds. The van der Waals surface area contributed by atoms with E-state index in [2.05, 4.69) is 4.98 Å². The number of amides is 1. The van der Waals surface area contributed by atoms with Crippen LogP contribution in [0.2, 0.25) is 0 Å². The lowest BCUT2D eigenvalue weighted by molar-refractivity contribution is 0.0723. The summed E-state index contributed by atoms with van der Waals surface area (Å²) in [6.45, 7) is 0.286. The minimum atomic E-state index is -0.274. The van der Waals surface area contributed by atoms with Gasteiger partial charge in [-0.3, -0.25) is 4.79 Å². The quantitative estimate of drug-likeness (QED) is 0.664. The Bertz CT molecular complexity index is 889. The maximum Gasteiger partial charge on any atom is 0.273 e. The van der Waals surface area contributed by atoms with E-state index >= 15 is 0 Å². The van der Waals surface area contributed by atoms with E-state index in [-0.39, 0.29) is 24.3 Å². The highest BCUT2D eigenvalue weighted by atomic mass is 32.1. The van der Waals surface area contributed by atoms with Gasteiger partial charge in [0.05, 0.1) is 0 Å². The molecule has 1 fully saturated rings. The molecule has 1 heterocycles. The lowest BCUT2D eigenvalue weighted by Crippen LogP contribution is -2.33. The number of carbonyl (C=O) groups excluding carboxylic acids is 1. The zero-order valence-electron chi connectivity index (χ0n) is 13.6. The maximum absolute atomic E-state index is 14.0. The van der Waals surface area contributed by atoms with E-state index in [9.17, 15) is 9.18 Å². The Hall–Kier alpha value is -2.53. The van der Waals surface area contributed by atoms with E-state index in [1.54, 1.807) is 28.5 Å². The molecule has 0 radical (unpaired) electrons. The molecule has 4 rings (SSSR count). The first kappa shape index (κ1) is 16.0. The Morgan fingerprint density at radius 3 is 2.56 bits per heavy atom. The molecule has 126 valence electrons. The van der Waals surface area contributed by atoms with Crippen LogP contribution in [-0.4, -0.2) is 21.8 Å². The molecule has 0 saturated heterocycles. The molecule has 0 bridgehead atoms. The fourth-order valence-electron chi connectivity index (χ4n) is 2.80. The highest BCUT2D eigenvalue weighted by Crippen LogP contribution is 2.31. The first-order valence-corrected chi connectivity index (χ1v) is 9.15. The highest BCUT2D eigenvalue weighted by Gasteiger charge is 2.34. The van der Waals surface area contributed by atoms with Crippen molar-refractivity contribution in [2.75, 3.05) is 0 Å². The van der Waals surface area contributed by atoms with Gasteiger partial charge in [0.1, 0.15) is 16.5 Å². The van der Waals surface area contributed by atoms with Gasteiger partial charge in [0.25, 0.3) is 5.91 Å². The lowest BCUT2D eigenvalue weighted by Gasteiger charge is -2.21. The van der Waals surface area contributed by atoms with E-state index in [0.717, 1.165) is 23.4 Å². The smallest absolute Gasteiger partial charge is 0.273 e. The third-order valence-corrected chi connectivity index (χ3v) is 5.18. The molecule has 0 unspecified atom stereocenters. The number of benzene rings is 2. The number of rotatable bonds is 5. The van der Waals surface area contributed by atoms with Gasteiger partial charge in [0.15, 0.2) is 0 Å². The predicted molar refractivity (Wildman–Crippen MR) is 96.8 cm³/mol. The first-order valence-electron chi connectivity index (χ1n) is 8.27. The number of carbonyl (C=O) groups is 1. The summed E-state index contributed by atoms with van der Waals surface area (Å²) >= 11 is 1.46. The zero-order valence-corrected chi connectivity index (χ0v) is 14.4. The molecule has 1 aliphatic rings. The normalized spacial score (nSPS) is 13.6. The summed E-state index contributed by atoms with van der Waals surface area (Å²) in [4.78, 5) is 19.2. The van der Waals surface area contributed by atoms with Crippen LogP contribution in [-0.2, 0) is 6.54 Å². The van der Waals surface area contributed by atoms with E-state index in [4.69, 9.17) is 0 Å². The van der Waals surface area contributed by atoms with Gasteiger partial charge in [-0.2, -0.15) is 0 Å². The standard InChI is InChI=1S/C20H17FN2OS/c21-17-9-5-4-8-15(17)12-23(16-10-11-16)20(24)18-13-25-19(22-18)14-6-2-1-3-7-14/h1-9,13,16H,10-12H2. The molecule has 25 heavy (non-hydrogen) atoms. The van der Waals surface area contributed by atoms with Crippen molar-refractivity contribution in [3.63, 3.8) is 0 Å². The largest absolute Gasteiger partial charge is 0.330 e. The monoisotopic (exact) mass is 352 g/mol. The third-order valence-electron chi connectivity index (χ3n) is 4.29. The number of aromatic nitrogens is 1. The predicted octanol–water partition coefficient (Wildman–Crippen LogP) is 4.75. The molecule has 0 N–H and O–H groups in total. The Kier molecular flexibility index (Phi) is 4.32. The Labute approximate surface area is 149 Å². The number of halogens is 1. The summed E-state index contributed by atoms with van der Waals surface area (Å²) in [5, 5.41) is 2.62. The van der Waals surface area contributed by atoms with E-state index in [0.29, 0.717) is 11.3 Å². The first-order chi connectivity index (χ1) is 12.2. The van der Waals surface area contributed by atoms with Gasteiger partial charge in [-0.15, -0.1) is 11.3 Å². The zero-order chi connectivity index (χ0) is 17.2. The molecule has 1 aliphatic carbocycles. The van der Waals surface area contributed by atoms with Crippen molar-refractivity contribution in [3.05, 3.63) is 77.1 Å². The highest BCUT2D eigenvalue weighted by molar-refractivity contribution is 7.13. The molecular formula is C20H17FN2OS. The van der Waals surface area contributed by atoms with E-state index in [1.807, 2.05) is 30.3 Å². The topological polar surface area (TPSA) is 33.2 Å². The van der Waals surface area contributed by atoms with Gasteiger partial charge < -0.3 is 4.90 Å². The number of thiazole rings is 1. The number of nitrogens with zero attached hydrogens (tertiary/aromatic N) is 2. The van der Waals surface area contributed by atoms with Gasteiger partial charge >= 0.3 is 0 Å². The van der Waals surface area contributed by atoms with Crippen LogP contribution in [0.3, 0.4) is 0 Å². The molecule has 3 aromatic rings. The Balaban J connectivity index is 1.58. The van der Waals surface area contributed by atoms with Crippen LogP contribution < -0.4 is 0 Å². The second kappa shape index (κ2) is 6.76. The Morgan fingerprint density at radius 1 is 1.12 bits per heavy atom. The van der Waals surface area contributed by atoms with Crippen LogP contribution >= 0.6 is 11.3 Å². The summed E-state index contributed by atoms with van der Waals surface area (Å²) in [5.41, 5.74) is 1.98. The molecule has 0 aliphatic heterocycles. The lowest BCUT2D eigenvalue weighted by atomic mass is 10.2. The molecular weight excluding hydrogens is 335 g/mol. The summed E-state index contributed by atoms with van der Waals surface area (Å²) in [6, 6.07) is 16.6. The van der Waals surface area contributed by atoms with Crippen LogP contribution in [0.4, 0.5) is 4.39 Å². The summed E-state index contributed by atoms with van der Waals surface area (Å²) in [6.07, 6.45) is 1.94. The van der Waals surface area contributed by atoms with Crippen molar-refractivity contribution < 1.29 is 9.18 Å². The molecule has 5 heteroatoms. The van der Waals surface area contributed by atoms with Gasteiger partial charge in [-0.1, -0.05) is 48.5 Å². The molecule has 0 atom stereocenters. The summed E-state index contributed by atoms with van der Waals surface area (Å²) < 4.78 is 14.0. The van der Waals surface area contributed by atoms with Gasteiger partial charge in [0.2, 0.25) is 0 Å². The second-order valence-electron chi connectivity index (χ2n) is 6.16. The van der Waals surface area contributed by atoms with Crippen molar-refractivity contribution in [2.24, 2.45) is 0 Å². The molecule has 1 saturated carbocycles. The van der Waals surface area contributed by atoms with Crippen molar-refractivity contribution in [1.82, 2.24) is 9.88 Å². The van der Waals surface area contributed by atoms with Crippen LogP contribution in [0, 0.1) is 5.82 Å². The maximum atomic E-state index is 14.0. The van der Waals surface area contributed by atoms with E-state index in [1.165, 1.54) is 17.4 Å². The number of hydrogen-bond acceptors (Lipinski definition) is 3. The molecule has 3 nitrogen and oxygen atoms in total. The summed E-state index contributed by atoms with van der Waals surface area (Å²) in [7, 11) is 0. The molecule has 2 aromatic carbocycles. The minimum absolute atomic E-state index is 0.121. The van der Waals surface area contributed by atoms with Crippen molar-refractivity contribution in [2.45, 2.75) is 25.4 Å².